The molecule has 0 aliphatic heterocycles. The van der Waals surface area contributed by atoms with Gasteiger partial charge in [-0.05, 0) is 51.1 Å². The number of hydrogen-bond acceptors (Lipinski definition) is 9. The van der Waals surface area contributed by atoms with Crippen LogP contribution in [0.25, 0.3) is 0 Å². The molecule has 0 heterocycles. The van der Waals surface area contributed by atoms with Gasteiger partial charge in [0.15, 0.2) is 0 Å². The van der Waals surface area contributed by atoms with E-state index >= 15 is 0 Å². The van der Waals surface area contributed by atoms with Gasteiger partial charge in [-0.25, -0.2) is 4.79 Å². The monoisotopic (exact) mass is 622 g/mol. The summed E-state index contributed by atoms with van der Waals surface area (Å²) < 4.78 is 0. The SMILES string of the molecule is C[C@H](NC(=O)[C@H](CCC(=O)O)NC(=O)[C@@H](N)CCC(=O)O)C(=O)N[C@@H](Cc1ccccc1)C(=O)N[C@@H](CCCCN)C(=O)O. The number of nitrogens with one attached hydrogen (secondary N) is 4. The molecule has 0 radical (unpaired) electrons. The normalized spacial score (nSPS) is 14.2. The number of hydrogen-bond donors (Lipinski definition) is 9. The van der Waals surface area contributed by atoms with Crippen LogP contribution in [0.2, 0.25) is 0 Å². The van der Waals surface area contributed by atoms with Crippen molar-refractivity contribution in [3.05, 3.63) is 35.9 Å². The molecule has 5 atom stereocenters. The average molecular weight is 623 g/mol. The van der Waals surface area contributed by atoms with E-state index in [-0.39, 0.29) is 25.7 Å². The number of aliphatic carboxylic acids is 3. The molecule has 0 spiro atoms. The first-order chi connectivity index (χ1) is 20.7. The number of benzene rings is 1. The maximum Gasteiger partial charge on any atom is 0.326 e. The smallest absolute Gasteiger partial charge is 0.326 e. The van der Waals surface area contributed by atoms with Crippen LogP contribution in [0.4, 0.5) is 0 Å². The maximum absolute atomic E-state index is 13.2. The molecule has 4 amide bonds. The van der Waals surface area contributed by atoms with Gasteiger partial charge in [-0.3, -0.25) is 28.8 Å². The first-order valence-corrected chi connectivity index (χ1v) is 14.1. The molecule has 1 rings (SSSR count). The topological polar surface area (TPSA) is 280 Å². The summed E-state index contributed by atoms with van der Waals surface area (Å²) in [7, 11) is 0. The molecule has 0 fully saturated rings. The Labute approximate surface area is 254 Å². The lowest BCUT2D eigenvalue weighted by Crippen LogP contribution is -2.58. The Bertz CT molecular complexity index is 1150. The van der Waals surface area contributed by atoms with Crippen LogP contribution >= 0.6 is 0 Å². The minimum atomic E-state index is -1.42. The average Bonchev–Trinajstić information content (AvgIpc) is 2.97. The van der Waals surface area contributed by atoms with Crippen LogP contribution in [0.15, 0.2) is 30.3 Å². The summed E-state index contributed by atoms with van der Waals surface area (Å²) in [6.07, 6.45) is -0.366. The van der Waals surface area contributed by atoms with Crippen molar-refractivity contribution in [3.63, 3.8) is 0 Å². The first-order valence-electron chi connectivity index (χ1n) is 14.1. The molecule has 0 aromatic heterocycles. The predicted molar refractivity (Wildman–Crippen MR) is 156 cm³/mol. The predicted octanol–water partition coefficient (Wildman–Crippen LogP) is -1.54. The van der Waals surface area contributed by atoms with E-state index in [0.29, 0.717) is 24.9 Å². The highest BCUT2D eigenvalue weighted by atomic mass is 16.4. The highest BCUT2D eigenvalue weighted by Gasteiger charge is 2.30. The number of nitrogens with two attached hydrogens (primary N) is 2. The van der Waals surface area contributed by atoms with Gasteiger partial charge in [-0.1, -0.05) is 30.3 Å². The molecule has 0 aliphatic rings. The van der Waals surface area contributed by atoms with Crippen LogP contribution in [0, 0.1) is 0 Å². The Morgan fingerprint density at radius 2 is 1.23 bits per heavy atom. The second-order valence-corrected chi connectivity index (χ2v) is 10.2. The van der Waals surface area contributed by atoms with E-state index in [0.717, 1.165) is 0 Å². The Morgan fingerprint density at radius 3 is 1.80 bits per heavy atom. The Morgan fingerprint density at radius 1 is 0.682 bits per heavy atom. The third-order valence-corrected chi connectivity index (χ3v) is 6.52. The molecule has 11 N–H and O–H groups in total. The second-order valence-electron chi connectivity index (χ2n) is 10.2. The van der Waals surface area contributed by atoms with E-state index in [9.17, 15) is 38.7 Å². The van der Waals surface area contributed by atoms with Crippen LogP contribution in [0.1, 0.15) is 57.4 Å². The molecule has 0 unspecified atom stereocenters. The molecule has 16 nitrogen and oxygen atoms in total. The van der Waals surface area contributed by atoms with Crippen LogP contribution in [-0.4, -0.2) is 93.6 Å². The van der Waals surface area contributed by atoms with Gasteiger partial charge in [0.1, 0.15) is 24.2 Å². The Kier molecular flexibility index (Phi) is 16.7. The summed E-state index contributed by atoms with van der Waals surface area (Å²) in [4.78, 5) is 85.2. The van der Waals surface area contributed by atoms with Crippen LogP contribution < -0.4 is 32.7 Å². The van der Waals surface area contributed by atoms with Gasteiger partial charge in [-0.15, -0.1) is 0 Å². The molecule has 0 aliphatic carbocycles. The van der Waals surface area contributed by atoms with Crippen molar-refractivity contribution in [3.8, 4) is 0 Å². The first kappa shape index (κ1) is 37.5. The standard InChI is InChI=1S/C28H42N6O10/c1-16(31-26(41)19(11-13-23(37)38)32-25(40)18(30)10-12-22(35)36)24(39)34-21(15-17-7-3-2-4-8-17)27(42)33-20(28(43)44)9-5-6-14-29/h2-4,7-8,16,18-21H,5-6,9-15,29-30H2,1H3,(H,31,41)(H,32,40)(H,33,42)(H,34,39)(H,35,36)(H,37,38)(H,43,44)/t16-,18-,19-,20-,21-/m0/s1. The van der Waals surface area contributed by atoms with Crippen molar-refractivity contribution in [1.29, 1.82) is 0 Å². The fourth-order valence-electron chi connectivity index (χ4n) is 3.98. The van der Waals surface area contributed by atoms with Crippen molar-refractivity contribution < 1.29 is 48.9 Å². The van der Waals surface area contributed by atoms with Crippen molar-refractivity contribution in [2.75, 3.05) is 6.54 Å². The molecule has 44 heavy (non-hydrogen) atoms. The lowest BCUT2D eigenvalue weighted by molar-refractivity contribution is -0.142. The van der Waals surface area contributed by atoms with E-state index in [2.05, 4.69) is 21.3 Å². The third kappa shape index (κ3) is 14.6. The summed E-state index contributed by atoms with van der Waals surface area (Å²) in [5.41, 5.74) is 11.8. The molecular formula is C28H42N6O10. The van der Waals surface area contributed by atoms with Gasteiger partial charge in [0.05, 0.1) is 6.04 Å². The zero-order valence-corrected chi connectivity index (χ0v) is 24.5. The Hall–Kier alpha value is -4.57. The van der Waals surface area contributed by atoms with Gasteiger partial charge in [0.25, 0.3) is 0 Å². The summed E-state index contributed by atoms with van der Waals surface area (Å²) in [6.45, 7) is 1.65. The molecule has 244 valence electrons. The van der Waals surface area contributed by atoms with E-state index in [1.165, 1.54) is 6.92 Å². The number of rotatable bonds is 21. The molecule has 1 aromatic rings. The van der Waals surface area contributed by atoms with E-state index in [1.807, 2.05) is 0 Å². The van der Waals surface area contributed by atoms with E-state index in [4.69, 9.17) is 21.7 Å². The number of carboxylic acid groups (broad SMARTS) is 3. The zero-order valence-electron chi connectivity index (χ0n) is 24.5. The highest BCUT2D eigenvalue weighted by Crippen LogP contribution is 2.07. The van der Waals surface area contributed by atoms with Crippen LogP contribution in [0.5, 0.6) is 0 Å². The lowest BCUT2D eigenvalue weighted by Gasteiger charge is -2.25. The van der Waals surface area contributed by atoms with E-state index in [1.54, 1.807) is 30.3 Å². The van der Waals surface area contributed by atoms with Crippen LogP contribution in [-0.2, 0) is 40.0 Å². The van der Waals surface area contributed by atoms with Gasteiger partial charge in [0, 0.05) is 19.3 Å². The Balaban J connectivity index is 3.02. The summed E-state index contributed by atoms with van der Waals surface area (Å²) in [5.74, 6) is -7.06. The van der Waals surface area contributed by atoms with Gasteiger partial charge >= 0.3 is 17.9 Å². The summed E-state index contributed by atoms with van der Waals surface area (Å²) in [5, 5.41) is 37.0. The quantitative estimate of drug-likeness (QED) is 0.0705. The number of carboxylic acids is 3. The lowest BCUT2D eigenvalue weighted by atomic mass is 10.0. The van der Waals surface area contributed by atoms with Crippen molar-refractivity contribution in [1.82, 2.24) is 21.3 Å². The maximum atomic E-state index is 13.2. The second kappa shape index (κ2) is 19.6. The van der Waals surface area contributed by atoms with Crippen molar-refractivity contribution in [2.45, 2.75) is 88.5 Å². The number of carbonyl (C=O) groups is 7. The largest absolute Gasteiger partial charge is 0.481 e. The van der Waals surface area contributed by atoms with Crippen molar-refractivity contribution in [2.24, 2.45) is 11.5 Å². The number of carbonyl (C=O) groups excluding carboxylic acids is 4. The highest BCUT2D eigenvalue weighted by molar-refractivity contribution is 5.95. The number of unbranched alkanes of at least 4 members (excludes halogenated alkanes) is 1. The van der Waals surface area contributed by atoms with E-state index < -0.39 is 84.6 Å². The van der Waals surface area contributed by atoms with Gasteiger partial charge in [0.2, 0.25) is 23.6 Å². The van der Waals surface area contributed by atoms with Gasteiger partial charge in [-0.2, -0.15) is 0 Å². The third-order valence-electron chi connectivity index (χ3n) is 6.52. The molecule has 1 aromatic carbocycles. The zero-order chi connectivity index (χ0) is 33.2. The number of amides is 4. The van der Waals surface area contributed by atoms with Gasteiger partial charge < -0.3 is 48.1 Å². The summed E-state index contributed by atoms with van der Waals surface area (Å²) >= 11 is 0. The fraction of sp³-hybridized carbons (Fsp3) is 0.536. The van der Waals surface area contributed by atoms with Crippen molar-refractivity contribution >= 4 is 41.5 Å². The minimum Gasteiger partial charge on any atom is -0.481 e. The minimum absolute atomic E-state index is 0.000254. The van der Waals surface area contributed by atoms with Crippen LogP contribution in [0.3, 0.4) is 0 Å². The molecular weight excluding hydrogens is 580 g/mol. The summed E-state index contributed by atoms with van der Waals surface area (Å²) in [6, 6.07) is 2.20. The fourth-order valence-corrected chi connectivity index (χ4v) is 3.98. The molecule has 0 saturated heterocycles. The molecule has 0 bridgehead atoms. The molecule has 0 saturated carbocycles. The molecule has 16 heteroatoms.